The smallest absolute Gasteiger partial charge is 0.226 e. The van der Waals surface area contributed by atoms with Crippen LogP contribution >= 0.6 is 0 Å². The van der Waals surface area contributed by atoms with Crippen LogP contribution in [0.5, 0.6) is 0 Å². The van der Waals surface area contributed by atoms with Crippen LogP contribution < -0.4 is 21.7 Å². The number of amides is 4. The summed E-state index contributed by atoms with van der Waals surface area (Å²) in [5, 5.41) is 11.8. The molecule has 0 aromatic heterocycles. The molecule has 2 unspecified atom stereocenters. The number of azide groups is 1. The Bertz CT molecular complexity index is 793. The van der Waals surface area contributed by atoms with Gasteiger partial charge in [0.05, 0.1) is 0 Å². The van der Waals surface area contributed by atoms with Crippen molar-refractivity contribution in [2.24, 2.45) is 27.1 Å². The molecule has 0 aliphatic carbocycles. The lowest BCUT2D eigenvalue weighted by atomic mass is 9.64. The third-order valence-corrected chi connectivity index (χ3v) is 6.31. The second kappa shape index (κ2) is 14.6. The molecular weight excluding hydrogens is 450 g/mol. The van der Waals surface area contributed by atoms with Gasteiger partial charge in [0, 0.05) is 40.3 Å². The minimum Gasteiger partial charge on any atom is -0.369 e. The van der Waals surface area contributed by atoms with Crippen molar-refractivity contribution in [3.05, 3.63) is 10.4 Å². The number of rotatable bonds is 17. The van der Waals surface area contributed by atoms with E-state index >= 15 is 0 Å². The molecule has 0 heterocycles. The van der Waals surface area contributed by atoms with Gasteiger partial charge in [-0.3, -0.25) is 19.2 Å². The highest BCUT2D eigenvalue weighted by atomic mass is 16.2. The summed E-state index contributed by atoms with van der Waals surface area (Å²) in [5.41, 5.74) is 11.1. The van der Waals surface area contributed by atoms with Gasteiger partial charge in [-0.2, -0.15) is 0 Å². The summed E-state index contributed by atoms with van der Waals surface area (Å²) in [6.07, 6.45) is 3.21. The van der Waals surface area contributed by atoms with Gasteiger partial charge in [0.15, 0.2) is 0 Å². The van der Waals surface area contributed by atoms with Gasteiger partial charge in [0.2, 0.25) is 23.6 Å². The van der Waals surface area contributed by atoms with E-state index in [0.29, 0.717) is 32.4 Å². The van der Waals surface area contributed by atoms with Gasteiger partial charge in [-0.05, 0) is 57.9 Å². The molecule has 0 bridgehead atoms. The van der Waals surface area contributed by atoms with E-state index in [9.17, 15) is 19.2 Å². The van der Waals surface area contributed by atoms with Crippen molar-refractivity contribution in [3.8, 4) is 0 Å². The van der Waals surface area contributed by atoms with E-state index in [1.165, 1.54) is 0 Å². The van der Waals surface area contributed by atoms with Crippen molar-refractivity contribution in [2.45, 2.75) is 93.0 Å². The third-order valence-electron chi connectivity index (χ3n) is 6.31. The van der Waals surface area contributed by atoms with Gasteiger partial charge >= 0.3 is 0 Å². The highest BCUT2D eigenvalue weighted by Gasteiger charge is 2.47. The number of hydrogen-bond donors (Lipinski definition) is 4. The van der Waals surface area contributed by atoms with Gasteiger partial charge in [0.25, 0.3) is 0 Å². The van der Waals surface area contributed by atoms with Crippen LogP contribution in [-0.4, -0.2) is 49.3 Å². The molecule has 0 aromatic rings. The Labute approximate surface area is 209 Å². The molecule has 0 fully saturated rings. The van der Waals surface area contributed by atoms with Crippen LogP contribution in [-0.2, 0) is 19.2 Å². The first kappa shape index (κ1) is 32.2. The van der Waals surface area contributed by atoms with Crippen molar-refractivity contribution in [3.63, 3.8) is 0 Å². The van der Waals surface area contributed by atoms with Crippen molar-refractivity contribution in [2.75, 3.05) is 19.6 Å². The Hall–Kier alpha value is -2.81. The number of hydrogen-bond acceptors (Lipinski definition) is 5. The molecule has 0 saturated carbocycles. The molecule has 11 heteroatoms. The predicted octanol–water partition coefficient (Wildman–Crippen LogP) is 2.94. The molecule has 0 aliphatic rings. The molecule has 0 spiro atoms. The Balaban J connectivity index is 5.20. The topological polar surface area (TPSA) is 179 Å². The van der Waals surface area contributed by atoms with E-state index in [-0.39, 0.29) is 43.1 Å². The van der Waals surface area contributed by atoms with E-state index in [2.05, 4.69) is 26.0 Å². The number of nitrogens with one attached hydrogen (secondary N) is 3. The Kier molecular flexibility index (Phi) is 13.4. The average molecular weight is 496 g/mol. The normalized spacial score (nSPS) is 14.7. The first-order chi connectivity index (χ1) is 16.1. The maximum atomic E-state index is 13.4. The number of nitrogens with two attached hydrogens (primary N) is 1. The first-order valence-electron chi connectivity index (χ1n) is 12.3. The lowest BCUT2D eigenvalue weighted by Crippen LogP contribution is -2.50. The van der Waals surface area contributed by atoms with Crippen LogP contribution in [0, 0.1) is 16.2 Å². The largest absolute Gasteiger partial charge is 0.369 e. The second-order valence-corrected chi connectivity index (χ2v) is 10.8. The van der Waals surface area contributed by atoms with Crippen LogP contribution in [0.15, 0.2) is 5.11 Å². The maximum absolute atomic E-state index is 13.4. The van der Waals surface area contributed by atoms with Gasteiger partial charge in [-0.25, -0.2) is 0 Å². The van der Waals surface area contributed by atoms with Gasteiger partial charge in [-0.15, -0.1) is 0 Å². The minimum absolute atomic E-state index is 0.0284. The molecule has 200 valence electrons. The van der Waals surface area contributed by atoms with Crippen LogP contribution in [0.4, 0.5) is 0 Å². The predicted molar refractivity (Wildman–Crippen MR) is 136 cm³/mol. The van der Waals surface area contributed by atoms with Crippen molar-refractivity contribution < 1.29 is 19.2 Å². The number of primary amides is 1. The molecule has 35 heavy (non-hydrogen) atoms. The zero-order valence-electron chi connectivity index (χ0n) is 22.5. The fourth-order valence-electron chi connectivity index (χ4n) is 4.17. The number of nitrogens with zero attached hydrogens (tertiary/aromatic N) is 3. The minimum atomic E-state index is -0.993. The van der Waals surface area contributed by atoms with E-state index < -0.39 is 22.2 Å². The summed E-state index contributed by atoms with van der Waals surface area (Å²) < 4.78 is 0. The van der Waals surface area contributed by atoms with Crippen LogP contribution in [0.2, 0.25) is 0 Å². The molecular formula is C24H45N7O4. The number of carbonyl (C=O) groups excluding carboxylic acids is 4. The summed E-state index contributed by atoms with van der Waals surface area (Å²) in [7, 11) is 0. The molecule has 0 saturated heterocycles. The van der Waals surface area contributed by atoms with Gasteiger partial charge in [-0.1, -0.05) is 39.7 Å². The quantitative estimate of drug-likeness (QED) is 0.105. The molecule has 0 aromatic carbocycles. The second-order valence-electron chi connectivity index (χ2n) is 10.8. The van der Waals surface area contributed by atoms with Crippen LogP contribution in [0.1, 0.15) is 87.0 Å². The Morgan fingerprint density at radius 2 is 1.49 bits per heavy atom. The highest BCUT2D eigenvalue weighted by Crippen LogP contribution is 2.44. The van der Waals surface area contributed by atoms with Crippen molar-refractivity contribution in [1.82, 2.24) is 16.0 Å². The zero-order chi connectivity index (χ0) is 27.3. The van der Waals surface area contributed by atoms with Gasteiger partial charge < -0.3 is 21.7 Å². The summed E-state index contributed by atoms with van der Waals surface area (Å²) in [5.74, 6) is -1.16. The van der Waals surface area contributed by atoms with Crippen molar-refractivity contribution in [1.29, 1.82) is 0 Å². The lowest BCUT2D eigenvalue weighted by Gasteiger charge is -2.41. The average Bonchev–Trinajstić information content (AvgIpc) is 2.75. The lowest BCUT2D eigenvalue weighted by molar-refractivity contribution is -0.141. The standard InChI is InChI=1S/C24H45N7O4/c1-8-23(6,21(35)30-17(2)3)16-24(7,15-22(4,5)19(25)33)20(34)28-13-11-9-10-12-27-18(32)14-29-31-26/h17H,8-16H2,1-7H3,(H2,25,33)(H,27,32)(H,28,34)(H,30,35). The third kappa shape index (κ3) is 11.4. The molecule has 0 radical (unpaired) electrons. The van der Waals surface area contributed by atoms with Gasteiger partial charge in [0.1, 0.15) is 6.54 Å². The monoisotopic (exact) mass is 495 g/mol. The summed E-state index contributed by atoms with van der Waals surface area (Å²) in [4.78, 5) is 52.4. The fourth-order valence-corrected chi connectivity index (χ4v) is 4.17. The van der Waals surface area contributed by atoms with Crippen molar-refractivity contribution >= 4 is 23.6 Å². The summed E-state index contributed by atoms with van der Waals surface area (Å²) in [6, 6.07) is -0.0284. The summed E-state index contributed by atoms with van der Waals surface area (Å²) in [6.45, 7) is 13.4. The maximum Gasteiger partial charge on any atom is 0.226 e. The first-order valence-corrected chi connectivity index (χ1v) is 12.3. The Morgan fingerprint density at radius 1 is 0.914 bits per heavy atom. The van der Waals surface area contributed by atoms with E-state index in [4.69, 9.17) is 11.3 Å². The highest BCUT2D eigenvalue weighted by molar-refractivity contribution is 5.87. The molecule has 11 nitrogen and oxygen atoms in total. The molecule has 0 aliphatic heterocycles. The zero-order valence-corrected chi connectivity index (χ0v) is 22.5. The fraction of sp³-hybridized carbons (Fsp3) is 0.833. The Morgan fingerprint density at radius 3 is 1.97 bits per heavy atom. The SMILES string of the molecule is CCC(C)(CC(C)(CC(C)(C)C(N)=O)C(=O)NCCCCCNC(=O)CN=[N+]=[N-])C(=O)NC(C)C. The molecule has 2 atom stereocenters. The molecule has 4 amide bonds. The van der Waals surface area contributed by atoms with Crippen LogP contribution in [0.3, 0.4) is 0 Å². The van der Waals surface area contributed by atoms with E-state index in [1.807, 2.05) is 27.7 Å². The molecule has 5 N–H and O–H groups in total. The van der Waals surface area contributed by atoms with E-state index in [0.717, 1.165) is 6.42 Å². The summed E-state index contributed by atoms with van der Waals surface area (Å²) >= 11 is 0. The van der Waals surface area contributed by atoms with E-state index in [1.54, 1.807) is 20.8 Å². The number of unbranched alkanes of at least 4 members (excludes halogenated alkanes) is 2. The van der Waals surface area contributed by atoms with Crippen LogP contribution in [0.25, 0.3) is 10.4 Å². The number of carbonyl (C=O) groups is 4. The molecule has 0 rings (SSSR count).